The molecule has 0 N–H and O–H groups in total. The normalized spacial score (nSPS) is 12.7. The third-order valence-corrected chi connectivity index (χ3v) is 2.20. The lowest BCUT2D eigenvalue weighted by Gasteiger charge is -2.24. The maximum atomic E-state index is 5.44. The van der Waals surface area contributed by atoms with Gasteiger partial charge in [0.2, 0.25) is 0 Å². The van der Waals surface area contributed by atoms with Gasteiger partial charge in [-0.3, -0.25) is 0 Å². The lowest BCUT2D eigenvalue weighted by Crippen LogP contribution is -2.21. The van der Waals surface area contributed by atoms with Gasteiger partial charge in [0, 0.05) is 11.4 Å². The zero-order valence-electron chi connectivity index (χ0n) is 11.3. The molecule has 0 amide bonds. The van der Waals surface area contributed by atoms with Crippen LogP contribution in [0.3, 0.4) is 0 Å². The lowest BCUT2D eigenvalue weighted by molar-refractivity contribution is 0.510. The molecule has 0 rings (SSSR count). The van der Waals surface area contributed by atoms with Gasteiger partial charge in [0.15, 0.2) is 0 Å². The van der Waals surface area contributed by atoms with Gasteiger partial charge in [-0.15, -0.1) is 6.42 Å². The van der Waals surface area contributed by atoms with Crippen molar-refractivity contribution in [2.24, 2.45) is 0 Å². The maximum Gasteiger partial charge on any atom is 0.0840 e. The Bertz CT molecular complexity index is 425. The van der Waals surface area contributed by atoms with E-state index < -0.39 is 0 Å². The van der Waals surface area contributed by atoms with Crippen LogP contribution in [0.15, 0.2) is 73.2 Å². The highest BCUT2D eigenvalue weighted by Gasteiger charge is 2.07. The summed E-state index contributed by atoms with van der Waals surface area (Å²) < 4.78 is 0. The second-order valence-electron chi connectivity index (χ2n) is 3.43. The van der Waals surface area contributed by atoms with E-state index in [2.05, 4.69) is 19.1 Å². The third-order valence-electron chi connectivity index (χ3n) is 2.20. The first kappa shape index (κ1) is 15.8. The summed E-state index contributed by atoms with van der Waals surface area (Å²) >= 11 is 0. The molecule has 0 aromatic rings. The zero-order valence-corrected chi connectivity index (χ0v) is 11.3. The number of rotatable bonds is 7. The predicted octanol–water partition coefficient (Wildman–Crippen LogP) is 4.21. The van der Waals surface area contributed by atoms with Crippen molar-refractivity contribution in [3.05, 3.63) is 73.2 Å². The second-order valence-corrected chi connectivity index (χ2v) is 3.43. The molecule has 18 heavy (non-hydrogen) atoms. The number of hydrogen-bond donors (Lipinski definition) is 0. The molecule has 94 valence electrons. The Morgan fingerprint density at radius 1 is 1.17 bits per heavy atom. The summed E-state index contributed by atoms with van der Waals surface area (Å²) in [6.45, 7) is 11.9. The molecule has 0 fully saturated rings. The van der Waals surface area contributed by atoms with E-state index in [9.17, 15) is 0 Å². The van der Waals surface area contributed by atoms with Crippen molar-refractivity contribution in [3.8, 4) is 12.3 Å². The Labute approximate surface area is 111 Å². The van der Waals surface area contributed by atoms with Crippen molar-refractivity contribution in [1.82, 2.24) is 4.90 Å². The molecule has 0 atom stereocenters. The van der Waals surface area contributed by atoms with E-state index in [1.807, 2.05) is 55.2 Å². The first-order chi connectivity index (χ1) is 8.74. The molecule has 0 saturated carbocycles. The highest BCUT2D eigenvalue weighted by atomic mass is 15.1. The average molecular weight is 239 g/mol. The lowest BCUT2D eigenvalue weighted by atomic mass is 10.2. The molecule has 0 aromatic heterocycles. The van der Waals surface area contributed by atoms with Gasteiger partial charge in [-0.1, -0.05) is 49.5 Å². The number of hydrogen-bond acceptors (Lipinski definition) is 1. The molecule has 0 aliphatic rings. The minimum absolute atomic E-state index is 0.505. The maximum absolute atomic E-state index is 5.44. The van der Waals surface area contributed by atoms with Gasteiger partial charge in [-0.05, 0) is 32.1 Å². The average Bonchev–Trinajstić information content (AvgIpc) is 2.38. The molecule has 0 aromatic carbocycles. The summed E-state index contributed by atoms with van der Waals surface area (Å²) in [4.78, 5) is 2.04. The molecule has 0 saturated heterocycles. The van der Waals surface area contributed by atoms with Gasteiger partial charge in [0.25, 0.3) is 0 Å². The van der Waals surface area contributed by atoms with Crippen molar-refractivity contribution >= 4 is 0 Å². The molecule has 1 heteroatoms. The predicted molar refractivity (Wildman–Crippen MR) is 81.7 cm³/mol. The molecular formula is C17H21N. The van der Waals surface area contributed by atoms with Crippen molar-refractivity contribution < 1.29 is 0 Å². The van der Waals surface area contributed by atoms with E-state index in [0.717, 1.165) is 11.4 Å². The molecule has 0 radical (unpaired) electrons. The van der Waals surface area contributed by atoms with E-state index in [-0.39, 0.29) is 0 Å². The van der Waals surface area contributed by atoms with E-state index in [1.165, 1.54) is 0 Å². The summed E-state index contributed by atoms with van der Waals surface area (Å²) in [5, 5.41) is 0. The molecule has 0 unspecified atom stereocenters. The molecule has 0 bridgehead atoms. The standard InChI is InChI=1S/C17H21N/c1-6-11-14-16(10-5)18(15-9-4)17(12-7-2)13-8-3/h4,6-8,10-14H,1-2,15H2,3,5H3/b13-8-,14-11-,16-10+,17-12+. The van der Waals surface area contributed by atoms with Crippen LogP contribution in [-0.2, 0) is 0 Å². The third kappa shape index (κ3) is 5.23. The Hall–Kier alpha value is -2.20. The Morgan fingerprint density at radius 2 is 1.89 bits per heavy atom. The van der Waals surface area contributed by atoms with Crippen LogP contribution in [0.25, 0.3) is 0 Å². The Morgan fingerprint density at radius 3 is 2.33 bits per heavy atom. The minimum Gasteiger partial charge on any atom is -0.330 e. The number of terminal acetylenes is 1. The number of allylic oxidation sites excluding steroid dienone is 8. The molecule has 0 aliphatic carbocycles. The van der Waals surface area contributed by atoms with E-state index in [1.54, 1.807) is 12.2 Å². The fraction of sp³-hybridized carbons (Fsp3) is 0.176. The van der Waals surface area contributed by atoms with Gasteiger partial charge < -0.3 is 4.90 Å². The van der Waals surface area contributed by atoms with Crippen LogP contribution in [0.1, 0.15) is 13.8 Å². The first-order valence-electron chi connectivity index (χ1n) is 5.86. The molecule has 0 aliphatic heterocycles. The van der Waals surface area contributed by atoms with Crippen LogP contribution >= 0.6 is 0 Å². The molecule has 0 spiro atoms. The Balaban J connectivity index is 5.45. The summed E-state index contributed by atoms with van der Waals surface area (Å²) in [5.74, 6) is 2.67. The largest absolute Gasteiger partial charge is 0.330 e. The van der Waals surface area contributed by atoms with E-state index in [0.29, 0.717) is 6.54 Å². The molecular weight excluding hydrogens is 218 g/mol. The van der Waals surface area contributed by atoms with Crippen LogP contribution in [0.2, 0.25) is 0 Å². The summed E-state index contributed by atoms with van der Waals surface area (Å²) in [5.41, 5.74) is 2.03. The van der Waals surface area contributed by atoms with Crippen LogP contribution in [0, 0.1) is 12.3 Å². The number of nitrogens with zero attached hydrogens (tertiary/aromatic N) is 1. The SMILES string of the molecule is C#CCN(C(/C=C\C=C)=C/C)C(/C=C\C)=C/C=C. The highest BCUT2D eigenvalue weighted by Crippen LogP contribution is 2.15. The van der Waals surface area contributed by atoms with Crippen molar-refractivity contribution in [1.29, 1.82) is 0 Å². The monoisotopic (exact) mass is 239 g/mol. The van der Waals surface area contributed by atoms with Gasteiger partial charge >= 0.3 is 0 Å². The smallest absolute Gasteiger partial charge is 0.0840 e. The summed E-state index contributed by atoms with van der Waals surface area (Å²) in [7, 11) is 0. The van der Waals surface area contributed by atoms with E-state index in [4.69, 9.17) is 6.42 Å². The van der Waals surface area contributed by atoms with Crippen LogP contribution in [0.5, 0.6) is 0 Å². The fourth-order valence-electron chi connectivity index (χ4n) is 1.46. The van der Waals surface area contributed by atoms with Crippen LogP contribution in [0.4, 0.5) is 0 Å². The Kier molecular flexibility index (Phi) is 8.77. The van der Waals surface area contributed by atoms with Gasteiger partial charge in [0.05, 0.1) is 6.54 Å². The quantitative estimate of drug-likeness (QED) is 0.475. The second kappa shape index (κ2) is 9.99. The molecule has 1 nitrogen and oxygen atoms in total. The topological polar surface area (TPSA) is 3.24 Å². The van der Waals surface area contributed by atoms with Crippen LogP contribution in [-0.4, -0.2) is 11.4 Å². The first-order valence-corrected chi connectivity index (χ1v) is 5.86. The highest BCUT2D eigenvalue weighted by molar-refractivity contribution is 5.32. The molecule has 0 heterocycles. The van der Waals surface area contributed by atoms with Gasteiger partial charge in [0.1, 0.15) is 0 Å². The van der Waals surface area contributed by atoms with Crippen molar-refractivity contribution in [2.45, 2.75) is 13.8 Å². The van der Waals surface area contributed by atoms with Gasteiger partial charge in [-0.25, -0.2) is 0 Å². The fourth-order valence-corrected chi connectivity index (χ4v) is 1.46. The van der Waals surface area contributed by atoms with Crippen molar-refractivity contribution in [3.63, 3.8) is 0 Å². The minimum atomic E-state index is 0.505. The summed E-state index contributed by atoms with van der Waals surface area (Å²) in [6.07, 6.45) is 20.7. The zero-order chi connectivity index (χ0) is 13.8. The summed E-state index contributed by atoms with van der Waals surface area (Å²) in [6, 6.07) is 0. The van der Waals surface area contributed by atoms with Gasteiger partial charge in [-0.2, -0.15) is 0 Å². The van der Waals surface area contributed by atoms with Crippen LogP contribution < -0.4 is 0 Å². The van der Waals surface area contributed by atoms with Crippen molar-refractivity contribution in [2.75, 3.05) is 6.54 Å². The van der Waals surface area contributed by atoms with E-state index >= 15 is 0 Å².